The lowest BCUT2D eigenvalue weighted by atomic mass is 10.1. The van der Waals surface area contributed by atoms with Gasteiger partial charge in [-0.15, -0.1) is 0 Å². The van der Waals surface area contributed by atoms with Crippen LogP contribution in [0.5, 0.6) is 5.75 Å². The third-order valence-corrected chi connectivity index (χ3v) is 4.85. The van der Waals surface area contributed by atoms with Crippen molar-refractivity contribution in [3.05, 3.63) is 59.7 Å². The molecule has 0 atom stereocenters. The Morgan fingerprint density at radius 1 is 1.03 bits per heavy atom. The molecule has 9 nitrogen and oxygen atoms in total. The summed E-state index contributed by atoms with van der Waals surface area (Å²) in [4.78, 5) is 21.1. The van der Waals surface area contributed by atoms with Gasteiger partial charge in [-0.25, -0.2) is 0 Å². The molecule has 0 aliphatic carbocycles. The molecule has 6 N–H and O–H groups in total. The number of carboxylic acid groups (broad SMARTS) is 1. The van der Waals surface area contributed by atoms with Gasteiger partial charge in [0.05, 0.1) is 11.3 Å². The Balaban J connectivity index is 0.000000735. The lowest BCUT2D eigenvalue weighted by Crippen LogP contribution is -2.15. The van der Waals surface area contributed by atoms with E-state index in [-0.39, 0.29) is 27.7 Å². The third-order valence-electron chi connectivity index (χ3n) is 3.96. The summed E-state index contributed by atoms with van der Waals surface area (Å²) >= 11 is 0. The maximum Gasteiger partial charge on any atom is 0.300 e. The number of nitrogen functional groups attached to an aromatic ring is 1. The van der Waals surface area contributed by atoms with Crippen LogP contribution in [0.3, 0.4) is 0 Å². The molecule has 0 saturated heterocycles. The van der Waals surface area contributed by atoms with E-state index in [4.69, 9.17) is 15.6 Å². The highest BCUT2D eigenvalue weighted by Gasteiger charge is 2.21. The normalized spacial score (nSPS) is 10.8. The van der Waals surface area contributed by atoms with Gasteiger partial charge in [0.1, 0.15) is 10.6 Å². The zero-order valence-corrected chi connectivity index (χ0v) is 16.9. The van der Waals surface area contributed by atoms with E-state index in [1.54, 1.807) is 30.3 Å². The number of aliphatic carboxylic acids is 1. The number of phenolic OH excluding ortho intramolecular Hbond substituents is 1. The van der Waals surface area contributed by atoms with Gasteiger partial charge >= 0.3 is 0 Å². The Bertz CT molecular complexity index is 1230. The Kier molecular flexibility index (Phi) is 6.65. The molecule has 158 valence electrons. The number of phenols is 1. The van der Waals surface area contributed by atoms with Crippen molar-refractivity contribution in [1.82, 2.24) is 0 Å². The number of nitrogens with one attached hydrogen (secondary N) is 1. The molecule has 3 aromatic carbocycles. The van der Waals surface area contributed by atoms with Crippen LogP contribution in [0.4, 0.5) is 11.4 Å². The van der Waals surface area contributed by atoms with Gasteiger partial charge in [-0.1, -0.05) is 35.9 Å². The van der Waals surface area contributed by atoms with E-state index in [1.165, 1.54) is 12.1 Å². The Hall–Kier alpha value is -3.63. The highest BCUT2D eigenvalue weighted by molar-refractivity contribution is 7.86. The Labute approximate surface area is 172 Å². The van der Waals surface area contributed by atoms with Crippen LogP contribution in [0.25, 0.3) is 10.8 Å². The van der Waals surface area contributed by atoms with Crippen molar-refractivity contribution < 1.29 is 32.8 Å². The zero-order chi connectivity index (χ0) is 22.6. The van der Waals surface area contributed by atoms with Crippen molar-refractivity contribution in [1.29, 1.82) is 0 Å². The molecule has 0 bridgehead atoms. The fraction of sp³-hybridized carbons (Fsp3) is 0.100. The largest absolute Gasteiger partial charge is 0.506 e. The number of nitrogens with two attached hydrogens (primary N) is 1. The molecular weight excluding hydrogens is 412 g/mol. The number of carbonyl (C=O) groups excluding carboxylic acids is 1. The molecule has 10 heteroatoms. The van der Waals surface area contributed by atoms with Crippen molar-refractivity contribution in [3.63, 3.8) is 0 Å². The average molecular weight is 432 g/mol. The summed E-state index contributed by atoms with van der Waals surface area (Å²) < 4.78 is 32.5. The molecule has 3 aromatic rings. The molecule has 0 unspecified atom stereocenters. The summed E-state index contributed by atoms with van der Waals surface area (Å²) in [6.07, 6.45) is 0. The van der Waals surface area contributed by atoms with Crippen LogP contribution in [0.1, 0.15) is 22.8 Å². The van der Waals surface area contributed by atoms with Crippen molar-refractivity contribution in [2.75, 3.05) is 11.1 Å². The number of fused-ring (bicyclic) bond motifs is 1. The maximum absolute atomic E-state index is 12.6. The number of benzene rings is 3. The van der Waals surface area contributed by atoms with Gasteiger partial charge < -0.3 is 21.3 Å². The van der Waals surface area contributed by atoms with Crippen molar-refractivity contribution in [3.8, 4) is 5.75 Å². The van der Waals surface area contributed by atoms with Gasteiger partial charge in [-0.2, -0.15) is 8.42 Å². The van der Waals surface area contributed by atoms with Crippen molar-refractivity contribution >= 4 is 44.1 Å². The number of aromatic hydroxyl groups is 1. The molecule has 1 amide bonds. The fourth-order valence-corrected chi connectivity index (χ4v) is 3.44. The standard InChI is InChI=1S/C18H16N2O5S.C2H4O2/c1-10-6-7-14(19)13(8-10)18(22)20-17-12-5-3-2-4-11(12)16(9-15(17)21)26(23,24)25;1-2(3)4/h2-9,21H,19H2,1H3,(H,20,22)(H,23,24,25);1H3,(H,3,4). The maximum atomic E-state index is 12.6. The zero-order valence-electron chi connectivity index (χ0n) is 16.1. The van der Waals surface area contributed by atoms with Crippen LogP contribution >= 0.6 is 0 Å². The van der Waals surface area contributed by atoms with E-state index in [0.29, 0.717) is 0 Å². The summed E-state index contributed by atoms with van der Waals surface area (Å²) in [5, 5.41) is 20.7. The second-order valence-electron chi connectivity index (χ2n) is 6.35. The Morgan fingerprint density at radius 2 is 1.60 bits per heavy atom. The summed E-state index contributed by atoms with van der Waals surface area (Å²) in [6, 6.07) is 12.1. The van der Waals surface area contributed by atoms with Gasteiger partial charge in [-0.3, -0.25) is 14.1 Å². The molecule has 0 aromatic heterocycles. The molecule has 30 heavy (non-hydrogen) atoms. The number of aryl methyl sites for hydroxylation is 1. The van der Waals surface area contributed by atoms with Gasteiger partial charge in [-0.05, 0) is 19.1 Å². The Morgan fingerprint density at radius 3 is 2.17 bits per heavy atom. The van der Waals surface area contributed by atoms with Crippen molar-refractivity contribution in [2.45, 2.75) is 18.7 Å². The van der Waals surface area contributed by atoms with Crippen LogP contribution in [-0.2, 0) is 14.9 Å². The molecule has 0 fully saturated rings. The van der Waals surface area contributed by atoms with Gasteiger partial charge in [0, 0.05) is 29.4 Å². The summed E-state index contributed by atoms with van der Waals surface area (Å²) in [5.74, 6) is -1.87. The first-order chi connectivity index (χ1) is 13.9. The number of amides is 1. The molecule has 3 rings (SSSR count). The molecule has 0 spiro atoms. The number of carbonyl (C=O) groups is 2. The number of anilines is 2. The number of rotatable bonds is 3. The van der Waals surface area contributed by atoms with Crippen LogP contribution < -0.4 is 11.1 Å². The fourth-order valence-electron chi connectivity index (χ4n) is 2.72. The SMILES string of the molecule is CC(=O)O.Cc1ccc(N)c(C(=O)Nc2c(O)cc(S(=O)(=O)O)c3ccccc23)c1. The van der Waals surface area contributed by atoms with E-state index >= 15 is 0 Å². The van der Waals surface area contributed by atoms with E-state index in [0.717, 1.165) is 18.6 Å². The molecule has 0 aliphatic rings. The molecular formula is C20H20N2O7S. The topological polar surface area (TPSA) is 167 Å². The van der Waals surface area contributed by atoms with E-state index in [1.807, 2.05) is 6.92 Å². The van der Waals surface area contributed by atoms with Gasteiger partial charge in [0.25, 0.3) is 22.0 Å². The molecule has 0 radical (unpaired) electrons. The second kappa shape index (κ2) is 8.80. The van der Waals surface area contributed by atoms with E-state index < -0.39 is 32.6 Å². The first kappa shape index (κ1) is 22.7. The van der Waals surface area contributed by atoms with Crippen molar-refractivity contribution in [2.24, 2.45) is 0 Å². The smallest absolute Gasteiger partial charge is 0.300 e. The number of carboxylic acids is 1. The number of hydrogen-bond acceptors (Lipinski definition) is 6. The summed E-state index contributed by atoms with van der Waals surface area (Å²) in [5.41, 5.74) is 7.20. The van der Waals surface area contributed by atoms with Gasteiger partial charge in [0.15, 0.2) is 0 Å². The molecule has 0 saturated carbocycles. The minimum absolute atomic E-state index is 0.0268. The van der Waals surface area contributed by atoms with Crippen LogP contribution in [0, 0.1) is 6.92 Å². The van der Waals surface area contributed by atoms with Crippen LogP contribution in [-0.4, -0.2) is 35.1 Å². The first-order valence-electron chi connectivity index (χ1n) is 8.51. The lowest BCUT2D eigenvalue weighted by Gasteiger charge is -2.14. The lowest BCUT2D eigenvalue weighted by molar-refractivity contribution is -0.134. The number of hydrogen-bond donors (Lipinski definition) is 5. The minimum atomic E-state index is -4.55. The quantitative estimate of drug-likeness (QED) is 0.239. The van der Waals surface area contributed by atoms with E-state index in [9.17, 15) is 22.9 Å². The average Bonchev–Trinajstić information content (AvgIpc) is 2.64. The van der Waals surface area contributed by atoms with E-state index in [2.05, 4.69) is 5.32 Å². The first-order valence-corrected chi connectivity index (χ1v) is 9.95. The summed E-state index contributed by atoms with van der Waals surface area (Å²) in [7, 11) is -4.55. The predicted molar refractivity (Wildman–Crippen MR) is 112 cm³/mol. The monoisotopic (exact) mass is 432 g/mol. The van der Waals surface area contributed by atoms with Crippen LogP contribution in [0.15, 0.2) is 53.4 Å². The third kappa shape index (κ3) is 5.25. The minimum Gasteiger partial charge on any atom is -0.506 e. The highest BCUT2D eigenvalue weighted by atomic mass is 32.2. The van der Waals surface area contributed by atoms with Crippen LogP contribution in [0.2, 0.25) is 0 Å². The molecule has 0 aliphatic heterocycles. The highest BCUT2D eigenvalue weighted by Crippen LogP contribution is 2.37. The predicted octanol–water partition coefficient (Wildman–Crippen LogP) is 3.03. The molecule has 0 heterocycles. The second-order valence-corrected chi connectivity index (χ2v) is 7.74. The summed E-state index contributed by atoms with van der Waals surface area (Å²) in [6.45, 7) is 2.89. The van der Waals surface area contributed by atoms with Gasteiger partial charge in [0.2, 0.25) is 0 Å².